The second-order valence-corrected chi connectivity index (χ2v) is 4.95. The zero-order valence-corrected chi connectivity index (χ0v) is 12.8. The standard InChI is InChI=1S/C17H14N4O3/c1-24-17(23)11-4-2-5-12(10-11)21-15(22)8-7-14(20-21)13-6-3-9-19-16(13)18/h2-10H,1H3,(H2,18,19). The maximum absolute atomic E-state index is 12.2. The molecule has 0 aliphatic heterocycles. The van der Waals surface area contributed by atoms with E-state index in [1.54, 1.807) is 42.6 Å². The summed E-state index contributed by atoms with van der Waals surface area (Å²) in [5.74, 6) is -0.170. The number of nitrogen functional groups attached to an aromatic ring is 1. The van der Waals surface area contributed by atoms with Gasteiger partial charge in [-0.2, -0.15) is 9.78 Å². The Morgan fingerprint density at radius 2 is 2.00 bits per heavy atom. The largest absolute Gasteiger partial charge is 0.465 e. The van der Waals surface area contributed by atoms with Gasteiger partial charge in [-0.25, -0.2) is 9.78 Å². The van der Waals surface area contributed by atoms with Crippen molar-refractivity contribution >= 4 is 11.8 Å². The highest BCUT2D eigenvalue weighted by Crippen LogP contribution is 2.21. The van der Waals surface area contributed by atoms with Gasteiger partial charge in [0.05, 0.1) is 24.1 Å². The van der Waals surface area contributed by atoms with Gasteiger partial charge in [0.25, 0.3) is 5.56 Å². The van der Waals surface area contributed by atoms with Crippen LogP contribution < -0.4 is 11.3 Å². The zero-order valence-electron chi connectivity index (χ0n) is 12.8. The predicted octanol–water partition coefficient (Wildman–Crippen LogP) is 1.66. The van der Waals surface area contributed by atoms with Crippen LogP contribution in [0.2, 0.25) is 0 Å². The fraction of sp³-hybridized carbons (Fsp3) is 0.0588. The van der Waals surface area contributed by atoms with Crippen LogP contribution in [0.15, 0.2) is 59.5 Å². The number of pyridine rings is 1. The molecular formula is C17H14N4O3. The maximum Gasteiger partial charge on any atom is 0.337 e. The van der Waals surface area contributed by atoms with Crippen molar-refractivity contribution in [2.24, 2.45) is 0 Å². The molecule has 0 fully saturated rings. The first-order valence-electron chi connectivity index (χ1n) is 7.10. The molecule has 0 aliphatic carbocycles. The van der Waals surface area contributed by atoms with Crippen LogP contribution >= 0.6 is 0 Å². The van der Waals surface area contributed by atoms with E-state index < -0.39 is 5.97 Å². The monoisotopic (exact) mass is 322 g/mol. The van der Waals surface area contributed by atoms with Crippen LogP contribution in [0.1, 0.15) is 10.4 Å². The molecule has 0 radical (unpaired) electrons. The fourth-order valence-corrected chi connectivity index (χ4v) is 2.26. The summed E-state index contributed by atoms with van der Waals surface area (Å²) in [6.07, 6.45) is 1.58. The van der Waals surface area contributed by atoms with Crippen LogP contribution in [0.5, 0.6) is 0 Å². The van der Waals surface area contributed by atoms with Crippen molar-refractivity contribution < 1.29 is 9.53 Å². The van der Waals surface area contributed by atoms with Crippen molar-refractivity contribution in [2.75, 3.05) is 12.8 Å². The minimum absolute atomic E-state index is 0.318. The molecule has 24 heavy (non-hydrogen) atoms. The van der Waals surface area contributed by atoms with Crippen molar-refractivity contribution in [3.63, 3.8) is 0 Å². The summed E-state index contributed by atoms with van der Waals surface area (Å²) in [6.45, 7) is 0. The number of rotatable bonds is 3. The van der Waals surface area contributed by atoms with Crippen LogP contribution in [-0.4, -0.2) is 27.8 Å². The molecule has 1 aromatic carbocycles. The molecular weight excluding hydrogens is 308 g/mol. The Labute approximate surface area is 137 Å². The molecule has 2 aromatic heterocycles. The molecule has 3 rings (SSSR count). The van der Waals surface area contributed by atoms with Gasteiger partial charge in [0.1, 0.15) is 5.82 Å². The average molecular weight is 322 g/mol. The Morgan fingerprint density at radius 1 is 1.17 bits per heavy atom. The quantitative estimate of drug-likeness (QED) is 0.736. The zero-order chi connectivity index (χ0) is 17.1. The Morgan fingerprint density at radius 3 is 2.75 bits per heavy atom. The lowest BCUT2D eigenvalue weighted by molar-refractivity contribution is 0.0600. The normalized spacial score (nSPS) is 10.4. The number of methoxy groups -OCH3 is 1. The summed E-state index contributed by atoms with van der Waals surface area (Å²) >= 11 is 0. The summed E-state index contributed by atoms with van der Waals surface area (Å²) in [5, 5.41) is 4.33. The lowest BCUT2D eigenvalue weighted by Gasteiger charge is -2.09. The van der Waals surface area contributed by atoms with Gasteiger partial charge < -0.3 is 10.5 Å². The Bertz CT molecular complexity index is 966. The highest BCUT2D eigenvalue weighted by Gasteiger charge is 2.11. The number of carbonyl (C=O) groups excluding carboxylic acids is 1. The van der Waals surface area contributed by atoms with Crippen molar-refractivity contribution in [2.45, 2.75) is 0 Å². The van der Waals surface area contributed by atoms with Crippen molar-refractivity contribution in [1.82, 2.24) is 14.8 Å². The molecule has 120 valence electrons. The number of anilines is 1. The Hall–Kier alpha value is -3.48. The van der Waals surface area contributed by atoms with Gasteiger partial charge in [-0.3, -0.25) is 4.79 Å². The lowest BCUT2D eigenvalue weighted by Crippen LogP contribution is -2.21. The SMILES string of the molecule is COC(=O)c1cccc(-n2nc(-c3cccnc3N)ccc2=O)c1. The molecule has 0 atom stereocenters. The van der Waals surface area contributed by atoms with E-state index in [1.807, 2.05) is 0 Å². The van der Waals surface area contributed by atoms with Crippen LogP contribution in [0.25, 0.3) is 16.9 Å². The van der Waals surface area contributed by atoms with Gasteiger partial charge in [0.2, 0.25) is 0 Å². The van der Waals surface area contributed by atoms with Gasteiger partial charge in [-0.1, -0.05) is 6.07 Å². The third kappa shape index (κ3) is 2.87. The lowest BCUT2D eigenvalue weighted by atomic mass is 10.2. The van der Waals surface area contributed by atoms with Crippen LogP contribution in [0.3, 0.4) is 0 Å². The molecule has 0 saturated carbocycles. The molecule has 0 unspecified atom stereocenters. The highest BCUT2D eigenvalue weighted by atomic mass is 16.5. The van der Waals surface area contributed by atoms with E-state index >= 15 is 0 Å². The smallest absolute Gasteiger partial charge is 0.337 e. The second kappa shape index (κ2) is 6.33. The van der Waals surface area contributed by atoms with E-state index in [0.29, 0.717) is 28.3 Å². The number of nitrogens with zero attached hydrogens (tertiary/aromatic N) is 3. The van der Waals surface area contributed by atoms with Crippen molar-refractivity contribution in [3.8, 4) is 16.9 Å². The number of carbonyl (C=O) groups is 1. The molecule has 3 aromatic rings. The minimum atomic E-state index is -0.488. The van der Waals surface area contributed by atoms with E-state index in [-0.39, 0.29) is 5.56 Å². The van der Waals surface area contributed by atoms with Crippen LogP contribution in [0.4, 0.5) is 5.82 Å². The maximum atomic E-state index is 12.2. The van der Waals surface area contributed by atoms with E-state index in [1.165, 1.54) is 23.9 Å². The number of nitrogens with two attached hydrogens (primary N) is 1. The number of ether oxygens (including phenoxy) is 1. The Balaban J connectivity index is 2.13. The average Bonchev–Trinajstić information content (AvgIpc) is 2.62. The molecule has 0 amide bonds. The first-order chi connectivity index (χ1) is 11.6. The fourth-order valence-electron chi connectivity index (χ4n) is 2.26. The number of hydrogen-bond acceptors (Lipinski definition) is 6. The van der Waals surface area contributed by atoms with Crippen molar-refractivity contribution in [3.05, 3.63) is 70.6 Å². The molecule has 0 spiro atoms. The summed E-state index contributed by atoms with van der Waals surface area (Å²) in [4.78, 5) is 27.9. The molecule has 2 N–H and O–H groups in total. The minimum Gasteiger partial charge on any atom is -0.465 e. The van der Waals surface area contributed by atoms with E-state index in [0.717, 1.165) is 0 Å². The molecule has 0 aliphatic rings. The highest BCUT2D eigenvalue weighted by molar-refractivity contribution is 5.89. The van der Waals surface area contributed by atoms with Gasteiger partial charge in [0, 0.05) is 17.8 Å². The summed E-state index contributed by atoms with van der Waals surface area (Å²) in [6, 6.07) is 12.9. The van der Waals surface area contributed by atoms with E-state index in [9.17, 15) is 9.59 Å². The van der Waals surface area contributed by atoms with Crippen LogP contribution in [-0.2, 0) is 4.74 Å². The molecule has 0 saturated heterocycles. The third-order valence-electron chi connectivity index (χ3n) is 3.43. The Kier molecular flexibility index (Phi) is 4.07. The van der Waals surface area contributed by atoms with Gasteiger partial charge >= 0.3 is 5.97 Å². The number of esters is 1. The second-order valence-electron chi connectivity index (χ2n) is 4.95. The van der Waals surface area contributed by atoms with E-state index in [4.69, 9.17) is 10.5 Å². The first kappa shape index (κ1) is 15.4. The van der Waals surface area contributed by atoms with Gasteiger partial charge in [-0.15, -0.1) is 0 Å². The van der Waals surface area contributed by atoms with Crippen molar-refractivity contribution in [1.29, 1.82) is 0 Å². The van der Waals surface area contributed by atoms with E-state index in [2.05, 4.69) is 10.1 Å². The topological polar surface area (TPSA) is 100 Å². The molecule has 0 bridgehead atoms. The third-order valence-corrected chi connectivity index (χ3v) is 3.43. The summed E-state index contributed by atoms with van der Waals surface area (Å²) in [5.41, 5.74) is 7.44. The molecule has 7 heteroatoms. The molecule has 2 heterocycles. The molecule has 7 nitrogen and oxygen atoms in total. The number of benzene rings is 1. The first-order valence-corrected chi connectivity index (χ1v) is 7.10. The van der Waals surface area contributed by atoms with Gasteiger partial charge in [-0.05, 0) is 36.4 Å². The summed E-state index contributed by atoms with van der Waals surface area (Å²) < 4.78 is 5.90. The predicted molar refractivity (Wildman–Crippen MR) is 88.8 cm³/mol. The van der Waals surface area contributed by atoms with Gasteiger partial charge in [0.15, 0.2) is 0 Å². The number of hydrogen-bond donors (Lipinski definition) is 1. The van der Waals surface area contributed by atoms with Crippen LogP contribution in [0, 0.1) is 0 Å². The number of aromatic nitrogens is 3. The summed E-state index contributed by atoms with van der Waals surface area (Å²) in [7, 11) is 1.30.